The van der Waals surface area contributed by atoms with Gasteiger partial charge in [0.05, 0.1) is 10.00 Å². The quantitative estimate of drug-likeness (QED) is 0.903. The molecule has 132 valence electrons. The lowest BCUT2D eigenvalue weighted by Crippen LogP contribution is -2.39. The number of nitrogens with one attached hydrogen (secondary N) is 1. The predicted molar refractivity (Wildman–Crippen MR) is 93.7 cm³/mol. The van der Waals surface area contributed by atoms with Gasteiger partial charge in [0.15, 0.2) is 9.84 Å². The third-order valence-electron chi connectivity index (χ3n) is 4.18. The maximum Gasteiger partial charge on any atom is 0.253 e. The van der Waals surface area contributed by atoms with E-state index >= 15 is 0 Å². The molecule has 1 saturated heterocycles. The van der Waals surface area contributed by atoms with E-state index in [0.717, 1.165) is 0 Å². The molecular weight excluding hydrogens is 328 g/mol. The zero-order valence-electron chi connectivity index (χ0n) is 14.5. The van der Waals surface area contributed by atoms with E-state index in [1.807, 2.05) is 0 Å². The average Bonchev–Trinajstić information content (AvgIpc) is 2.96. The Balaban J connectivity index is 2.08. The second kappa shape index (κ2) is 6.55. The number of sulfone groups is 1. The van der Waals surface area contributed by atoms with Crippen LogP contribution in [0.3, 0.4) is 0 Å². The van der Waals surface area contributed by atoms with Gasteiger partial charge in [-0.05, 0) is 51.5 Å². The lowest BCUT2D eigenvalue weighted by molar-refractivity contribution is -0.114. The molecule has 1 atom stereocenters. The van der Waals surface area contributed by atoms with Gasteiger partial charge in [0.1, 0.15) is 0 Å². The normalized spacial score (nSPS) is 18.5. The summed E-state index contributed by atoms with van der Waals surface area (Å²) in [5.41, 5.74) is 1.10. The van der Waals surface area contributed by atoms with Crippen molar-refractivity contribution in [3.05, 3.63) is 29.8 Å². The van der Waals surface area contributed by atoms with Crippen LogP contribution in [0.1, 0.15) is 44.5 Å². The van der Waals surface area contributed by atoms with Gasteiger partial charge < -0.3 is 10.2 Å². The Morgan fingerprint density at radius 1 is 1.17 bits per heavy atom. The third kappa shape index (κ3) is 3.77. The Kier molecular flexibility index (Phi) is 5.03. The first kappa shape index (κ1) is 18.4. The number of rotatable bonds is 3. The lowest BCUT2D eigenvalue weighted by Gasteiger charge is -2.24. The van der Waals surface area contributed by atoms with Gasteiger partial charge in [-0.3, -0.25) is 9.59 Å². The number of benzene rings is 1. The van der Waals surface area contributed by atoms with Crippen molar-refractivity contribution >= 4 is 27.3 Å². The van der Waals surface area contributed by atoms with E-state index in [4.69, 9.17) is 0 Å². The Labute approximate surface area is 143 Å². The van der Waals surface area contributed by atoms with Crippen LogP contribution in [0.4, 0.5) is 5.69 Å². The van der Waals surface area contributed by atoms with Crippen molar-refractivity contribution < 1.29 is 18.0 Å². The highest BCUT2D eigenvalue weighted by Gasteiger charge is 2.41. The molecule has 1 aromatic carbocycles. The molecule has 0 aliphatic carbocycles. The lowest BCUT2D eigenvalue weighted by atomic mass is 10.2. The molecule has 0 bridgehead atoms. The van der Waals surface area contributed by atoms with Crippen LogP contribution in [-0.2, 0) is 14.6 Å². The summed E-state index contributed by atoms with van der Waals surface area (Å²) < 4.78 is 24.2. The highest BCUT2D eigenvalue weighted by Crippen LogP contribution is 2.28. The minimum Gasteiger partial charge on any atom is -0.337 e. The minimum absolute atomic E-state index is 0.177. The Bertz CT molecular complexity index is 733. The zero-order chi connectivity index (χ0) is 18.1. The zero-order valence-corrected chi connectivity index (χ0v) is 15.3. The first-order chi connectivity index (χ1) is 11.0. The molecule has 1 unspecified atom stereocenters. The number of carbonyl (C=O) groups is 2. The summed E-state index contributed by atoms with van der Waals surface area (Å²) in [5.74, 6) is -0.361. The third-order valence-corrected chi connectivity index (χ3v) is 7.15. The monoisotopic (exact) mass is 352 g/mol. The fourth-order valence-electron chi connectivity index (χ4n) is 2.75. The number of hydrogen-bond acceptors (Lipinski definition) is 4. The van der Waals surface area contributed by atoms with Gasteiger partial charge in [0, 0.05) is 31.3 Å². The van der Waals surface area contributed by atoms with Crippen LogP contribution in [0.15, 0.2) is 24.3 Å². The molecule has 2 rings (SSSR count). The van der Waals surface area contributed by atoms with Gasteiger partial charge >= 0.3 is 0 Å². The molecule has 0 saturated carbocycles. The van der Waals surface area contributed by atoms with Gasteiger partial charge in [-0.2, -0.15) is 0 Å². The molecule has 6 nitrogen and oxygen atoms in total. The van der Waals surface area contributed by atoms with Crippen LogP contribution >= 0.6 is 0 Å². The molecule has 1 aromatic rings. The van der Waals surface area contributed by atoms with E-state index in [9.17, 15) is 18.0 Å². The number of amides is 2. The van der Waals surface area contributed by atoms with Crippen LogP contribution in [0, 0.1) is 0 Å². The van der Waals surface area contributed by atoms with Crippen molar-refractivity contribution in [3.8, 4) is 0 Å². The molecule has 0 spiro atoms. The van der Waals surface area contributed by atoms with Gasteiger partial charge in [0.2, 0.25) is 5.91 Å². The average molecular weight is 352 g/mol. The van der Waals surface area contributed by atoms with Gasteiger partial charge in [0.25, 0.3) is 5.91 Å². The van der Waals surface area contributed by atoms with E-state index in [1.165, 1.54) is 6.92 Å². The number of likely N-dealkylation sites (tertiary alicyclic amines) is 1. The number of anilines is 1. The van der Waals surface area contributed by atoms with Gasteiger partial charge in [-0.25, -0.2) is 8.42 Å². The summed E-state index contributed by atoms with van der Waals surface area (Å²) in [6, 6.07) is 6.60. The molecule has 1 aliphatic rings. The molecular formula is C17H24N2O4S. The SMILES string of the molecule is CC(=O)Nc1ccc(C(=O)N2CCC(S(=O)(=O)C(C)(C)C)C2)cc1. The maximum atomic E-state index is 12.5. The van der Waals surface area contributed by atoms with Crippen molar-refractivity contribution in [1.82, 2.24) is 4.90 Å². The molecule has 0 radical (unpaired) electrons. The van der Waals surface area contributed by atoms with Crippen LogP contribution in [-0.4, -0.2) is 48.2 Å². The number of nitrogens with zero attached hydrogens (tertiary/aromatic N) is 1. The molecule has 0 aromatic heterocycles. The standard InChI is InChI=1S/C17H24N2O4S/c1-12(20)18-14-7-5-13(6-8-14)16(21)19-10-9-15(11-19)24(22,23)17(2,3)4/h5-8,15H,9-11H2,1-4H3,(H,18,20). The highest BCUT2D eigenvalue weighted by atomic mass is 32.2. The molecule has 1 aliphatic heterocycles. The summed E-state index contributed by atoms with van der Waals surface area (Å²) >= 11 is 0. The van der Waals surface area contributed by atoms with E-state index in [-0.39, 0.29) is 18.4 Å². The van der Waals surface area contributed by atoms with Gasteiger partial charge in [-0.15, -0.1) is 0 Å². The summed E-state index contributed by atoms with van der Waals surface area (Å²) in [7, 11) is -3.29. The van der Waals surface area contributed by atoms with Crippen LogP contribution in [0.2, 0.25) is 0 Å². The summed E-state index contributed by atoms with van der Waals surface area (Å²) in [4.78, 5) is 25.1. The molecule has 1 fully saturated rings. The molecule has 7 heteroatoms. The van der Waals surface area contributed by atoms with Crippen LogP contribution < -0.4 is 5.32 Å². The maximum absolute atomic E-state index is 12.5. The molecule has 1 heterocycles. The van der Waals surface area contributed by atoms with Crippen LogP contribution in [0.5, 0.6) is 0 Å². The van der Waals surface area contributed by atoms with Crippen molar-refractivity contribution in [3.63, 3.8) is 0 Å². The fraction of sp³-hybridized carbons (Fsp3) is 0.529. The largest absolute Gasteiger partial charge is 0.337 e. The highest BCUT2D eigenvalue weighted by molar-refractivity contribution is 7.93. The van der Waals surface area contributed by atoms with E-state index in [0.29, 0.717) is 24.2 Å². The molecule has 24 heavy (non-hydrogen) atoms. The van der Waals surface area contributed by atoms with Gasteiger partial charge in [-0.1, -0.05) is 0 Å². The predicted octanol–water partition coefficient (Wildman–Crippen LogP) is 2.07. The smallest absolute Gasteiger partial charge is 0.253 e. The first-order valence-electron chi connectivity index (χ1n) is 7.93. The summed E-state index contributed by atoms with van der Waals surface area (Å²) in [6.45, 7) is 7.14. The van der Waals surface area contributed by atoms with E-state index in [2.05, 4.69) is 5.32 Å². The Hall–Kier alpha value is -1.89. The molecule has 2 amide bonds. The summed E-state index contributed by atoms with van der Waals surface area (Å²) in [6.07, 6.45) is 0.468. The van der Waals surface area contributed by atoms with Crippen molar-refractivity contribution in [2.45, 2.75) is 44.1 Å². The second-order valence-electron chi connectivity index (χ2n) is 7.08. The fourth-order valence-corrected chi connectivity index (χ4v) is 4.54. The molecule has 1 N–H and O–H groups in total. The van der Waals surface area contributed by atoms with E-state index < -0.39 is 19.8 Å². The van der Waals surface area contributed by atoms with Crippen molar-refractivity contribution in [1.29, 1.82) is 0 Å². The first-order valence-corrected chi connectivity index (χ1v) is 9.47. The minimum atomic E-state index is -3.29. The van der Waals surface area contributed by atoms with Crippen molar-refractivity contribution in [2.24, 2.45) is 0 Å². The Morgan fingerprint density at radius 2 is 1.75 bits per heavy atom. The van der Waals surface area contributed by atoms with E-state index in [1.54, 1.807) is 49.9 Å². The van der Waals surface area contributed by atoms with Crippen molar-refractivity contribution in [2.75, 3.05) is 18.4 Å². The number of hydrogen-bond donors (Lipinski definition) is 1. The van der Waals surface area contributed by atoms with Crippen LogP contribution in [0.25, 0.3) is 0 Å². The topological polar surface area (TPSA) is 83.6 Å². The summed E-state index contributed by atoms with van der Waals surface area (Å²) in [5, 5.41) is 2.13. The number of carbonyl (C=O) groups excluding carboxylic acids is 2. The Morgan fingerprint density at radius 3 is 2.25 bits per heavy atom. The second-order valence-corrected chi connectivity index (χ2v) is 10.1.